The van der Waals surface area contributed by atoms with E-state index in [1.807, 2.05) is 24.3 Å². The molecule has 1 saturated heterocycles. The van der Waals surface area contributed by atoms with Crippen molar-refractivity contribution in [2.24, 2.45) is 0 Å². The third-order valence-electron chi connectivity index (χ3n) is 7.11. The molecule has 4 rings (SSSR count). The molecule has 2 aromatic carbocycles. The topological polar surface area (TPSA) is 69.6 Å². The first kappa shape index (κ1) is 21.3. The molecule has 2 aliphatic rings. The van der Waals surface area contributed by atoms with Crippen molar-refractivity contribution in [1.82, 2.24) is 10.2 Å². The fourth-order valence-corrected chi connectivity index (χ4v) is 6.04. The van der Waals surface area contributed by atoms with Gasteiger partial charge in [0.2, 0.25) is 0 Å². The number of sulfone groups is 1. The summed E-state index contributed by atoms with van der Waals surface area (Å²) in [6.45, 7) is 4.26. The van der Waals surface area contributed by atoms with Crippen LogP contribution in [0.3, 0.4) is 0 Å². The highest BCUT2D eigenvalue weighted by Crippen LogP contribution is 2.45. The highest BCUT2D eigenvalue weighted by Gasteiger charge is 2.47. The molecule has 0 radical (unpaired) electrons. The van der Waals surface area contributed by atoms with E-state index in [0.29, 0.717) is 22.7 Å². The van der Waals surface area contributed by atoms with E-state index in [-0.39, 0.29) is 5.41 Å². The summed E-state index contributed by atoms with van der Waals surface area (Å²) in [5.74, 6) is 0.343. The van der Waals surface area contributed by atoms with Crippen LogP contribution in [0.15, 0.2) is 47.4 Å². The van der Waals surface area contributed by atoms with E-state index >= 15 is 0 Å². The zero-order valence-corrected chi connectivity index (χ0v) is 18.9. The number of aromatic hydroxyl groups is 1. The Balaban J connectivity index is 1.54. The van der Waals surface area contributed by atoms with Crippen molar-refractivity contribution < 1.29 is 13.5 Å². The average Bonchev–Trinajstić information content (AvgIpc) is 2.77. The maximum Gasteiger partial charge on any atom is 0.175 e. The summed E-state index contributed by atoms with van der Waals surface area (Å²) in [6, 6.07) is 13.8. The van der Waals surface area contributed by atoms with Crippen LogP contribution in [0.4, 0.5) is 0 Å². The zero-order valence-electron chi connectivity index (χ0n) is 18.1. The van der Waals surface area contributed by atoms with E-state index in [4.69, 9.17) is 0 Å². The van der Waals surface area contributed by atoms with Gasteiger partial charge in [0.05, 0.1) is 4.90 Å². The lowest BCUT2D eigenvalue weighted by Gasteiger charge is -2.48. The minimum absolute atomic E-state index is 0.0259. The van der Waals surface area contributed by atoms with Crippen LogP contribution in [-0.4, -0.2) is 56.9 Å². The highest BCUT2D eigenvalue weighted by molar-refractivity contribution is 7.90. The fourth-order valence-electron chi connectivity index (χ4n) is 5.41. The standard InChI is InChI=1S/C24H32N2O3S/c1-24-12-4-14-26(2)22(15-18-7-8-19(27)16-21(18)24)23(24)25-13-11-17-5-9-20(10-6-17)30(3,28)29/h5-10,16,22-23,25,27H,4,11-15H2,1-3H3/t22-,23+,24+/m1/s1. The molecular weight excluding hydrogens is 396 g/mol. The molecule has 1 aliphatic carbocycles. The maximum atomic E-state index is 11.7. The number of nitrogens with zero attached hydrogens (tertiary/aromatic N) is 1. The Morgan fingerprint density at radius 1 is 1.20 bits per heavy atom. The van der Waals surface area contributed by atoms with Crippen LogP contribution in [-0.2, 0) is 28.1 Å². The number of phenols is 1. The quantitative estimate of drug-likeness (QED) is 0.766. The second kappa shape index (κ2) is 7.98. The summed E-state index contributed by atoms with van der Waals surface area (Å²) < 4.78 is 23.3. The minimum Gasteiger partial charge on any atom is -0.508 e. The van der Waals surface area contributed by atoms with Gasteiger partial charge in [0, 0.05) is 23.8 Å². The molecule has 2 aromatic rings. The summed E-state index contributed by atoms with van der Waals surface area (Å²) in [7, 11) is -0.937. The number of fused-ring (bicyclic) bond motifs is 4. The van der Waals surface area contributed by atoms with E-state index < -0.39 is 9.84 Å². The monoisotopic (exact) mass is 428 g/mol. The van der Waals surface area contributed by atoms with Crippen LogP contribution >= 0.6 is 0 Å². The van der Waals surface area contributed by atoms with Crippen molar-refractivity contribution in [3.63, 3.8) is 0 Å². The number of likely N-dealkylation sites (N-methyl/N-ethyl adjacent to an activating group) is 1. The highest BCUT2D eigenvalue weighted by atomic mass is 32.2. The molecule has 0 saturated carbocycles. The molecule has 1 aliphatic heterocycles. The van der Waals surface area contributed by atoms with Crippen molar-refractivity contribution in [2.45, 2.75) is 55.0 Å². The predicted molar refractivity (Wildman–Crippen MR) is 120 cm³/mol. The van der Waals surface area contributed by atoms with Gasteiger partial charge < -0.3 is 15.3 Å². The number of benzene rings is 2. The van der Waals surface area contributed by atoms with Gasteiger partial charge in [-0.25, -0.2) is 8.42 Å². The van der Waals surface area contributed by atoms with Crippen molar-refractivity contribution in [3.05, 3.63) is 59.2 Å². The van der Waals surface area contributed by atoms with Gasteiger partial charge in [0.25, 0.3) is 0 Å². The van der Waals surface area contributed by atoms with Crippen LogP contribution in [0.2, 0.25) is 0 Å². The average molecular weight is 429 g/mol. The number of nitrogens with one attached hydrogen (secondary N) is 1. The van der Waals surface area contributed by atoms with Gasteiger partial charge in [-0.15, -0.1) is 0 Å². The van der Waals surface area contributed by atoms with Gasteiger partial charge in [-0.3, -0.25) is 0 Å². The SMILES string of the molecule is CN1CCC[C@@]2(C)c3cc(O)ccc3C[C@@H]1[C@@H]2NCCc1ccc(S(C)(=O)=O)cc1. The molecule has 6 heteroatoms. The van der Waals surface area contributed by atoms with Crippen LogP contribution in [0, 0.1) is 0 Å². The van der Waals surface area contributed by atoms with Crippen molar-refractivity contribution in [2.75, 3.05) is 26.4 Å². The molecular formula is C24H32N2O3S. The summed E-state index contributed by atoms with van der Waals surface area (Å²) >= 11 is 0. The Labute approximate surface area is 180 Å². The zero-order chi connectivity index (χ0) is 21.5. The van der Waals surface area contributed by atoms with Crippen LogP contribution < -0.4 is 5.32 Å². The molecule has 162 valence electrons. The summed E-state index contributed by atoms with van der Waals surface area (Å²) in [5.41, 5.74) is 3.74. The van der Waals surface area contributed by atoms with Crippen LogP contribution in [0.1, 0.15) is 36.5 Å². The van der Waals surface area contributed by atoms with E-state index in [9.17, 15) is 13.5 Å². The Hall–Kier alpha value is -1.89. The maximum absolute atomic E-state index is 11.7. The van der Waals surface area contributed by atoms with Gasteiger partial charge in [0.1, 0.15) is 5.75 Å². The van der Waals surface area contributed by atoms with Crippen molar-refractivity contribution >= 4 is 9.84 Å². The predicted octanol–water partition coefficient (Wildman–Crippen LogP) is 2.90. The molecule has 2 N–H and O–H groups in total. The third-order valence-corrected chi connectivity index (χ3v) is 8.24. The second-order valence-electron chi connectivity index (χ2n) is 9.21. The Morgan fingerprint density at radius 2 is 1.93 bits per heavy atom. The second-order valence-corrected chi connectivity index (χ2v) is 11.2. The number of rotatable bonds is 5. The first-order valence-corrected chi connectivity index (χ1v) is 12.6. The molecule has 1 heterocycles. The van der Waals surface area contributed by atoms with Crippen molar-refractivity contribution in [3.8, 4) is 5.75 Å². The van der Waals surface area contributed by atoms with Gasteiger partial charge in [-0.1, -0.05) is 25.1 Å². The first-order chi connectivity index (χ1) is 14.2. The largest absolute Gasteiger partial charge is 0.508 e. The van der Waals surface area contributed by atoms with Crippen molar-refractivity contribution in [1.29, 1.82) is 0 Å². The molecule has 0 aromatic heterocycles. The van der Waals surface area contributed by atoms with Gasteiger partial charge in [-0.05, 0) is 86.8 Å². The Bertz CT molecular complexity index is 1020. The third kappa shape index (κ3) is 4.01. The van der Waals surface area contributed by atoms with E-state index in [1.54, 1.807) is 12.1 Å². The van der Waals surface area contributed by atoms with E-state index in [2.05, 4.69) is 30.3 Å². The molecule has 0 spiro atoms. The summed E-state index contributed by atoms with van der Waals surface area (Å²) in [6.07, 6.45) is 5.30. The van der Waals surface area contributed by atoms with Gasteiger partial charge in [0.15, 0.2) is 9.84 Å². The van der Waals surface area contributed by atoms with E-state index in [0.717, 1.165) is 44.3 Å². The Morgan fingerprint density at radius 3 is 2.63 bits per heavy atom. The lowest BCUT2D eigenvalue weighted by Crippen LogP contribution is -2.60. The summed E-state index contributed by atoms with van der Waals surface area (Å²) in [5, 5.41) is 14.0. The van der Waals surface area contributed by atoms with Crippen LogP contribution in [0.25, 0.3) is 0 Å². The van der Waals surface area contributed by atoms with E-state index in [1.165, 1.54) is 17.4 Å². The number of phenolic OH excluding ortho intramolecular Hbond substituents is 1. The van der Waals surface area contributed by atoms with Gasteiger partial charge in [-0.2, -0.15) is 0 Å². The lowest BCUT2D eigenvalue weighted by atomic mass is 9.64. The lowest BCUT2D eigenvalue weighted by molar-refractivity contribution is 0.157. The Kier molecular flexibility index (Phi) is 5.68. The van der Waals surface area contributed by atoms with Crippen LogP contribution in [0.5, 0.6) is 5.75 Å². The molecule has 2 bridgehead atoms. The molecule has 5 nitrogen and oxygen atoms in total. The number of likely N-dealkylation sites (tertiary alicyclic amines) is 1. The molecule has 0 unspecified atom stereocenters. The summed E-state index contributed by atoms with van der Waals surface area (Å²) in [4.78, 5) is 2.85. The first-order valence-electron chi connectivity index (χ1n) is 10.7. The number of hydrogen-bond acceptors (Lipinski definition) is 5. The smallest absolute Gasteiger partial charge is 0.175 e. The normalized spacial score (nSPS) is 26.8. The van der Waals surface area contributed by atoms with Gasteiger partial charge >= 0.3 is 0 Å². The molecule has 30 heavy (non-hydrogen) atoms. The fraction of sp³-hybridized carbons (Fsp3) is 0.500. The minimum atomic E-state index is -3.16. The number of hydrogen-bond donors (Lipinski definition) is 2. The molecule has 1 fully saturated rings. The molecule has 3 atom stereocenters. The molecule has 0 amide bonds.